The number of anilines is 5. The standard InChI is InChI=1S/C57H52N4O7Si/c1-34-53(69(3,4)42-26-24-41(67-2)25-27-42)49(31-50(63)58-29-9-14-40(58)33-62)68-57(34)45-30-39(61-48-18-8-13-37-11-6-16-44(52(37)48)55(61)65)23-28-46(45)59(56(57)66)32-35-19-21-38(22-20-35)60-47-17-7-12-36-10-5-15-43(51(36)47)54(60)64/h5-8,10-13,15-28,30,34,40,49,53,62H,9,14,29,31-33H2,1-4H3/t34-,40-,49+,53-,57+/m0/s1. The second kappa shape index (κ2) is 16.0. The van der Waals surface area contributed by atoms with Crippen LogP contribution in [0.2, 0.25) is 18.6 Å². The Labute approximate surface area is 401 Å². The second-order valence-electron chi connectivity index (χ2n) is 19.8. The summed E-state index contributed by atoms with van der Waals surface area (Å²) in [5.41, 5.74) is 4.69. The Bertz CT molecular complexity index is 3290. The molecule has 1 N–H and O–H groups in total. The number of carbonyl (C=O) groups is 4. The maximum absolute atomic E-state index is 16.0. The first-order valence-corrected chi connectivity index (χ1v) is 27.0. The number of hydrogen-bond donors (Lipinski definition) is 1. The number of amides is 4. The summed E-state index contributed by atoms with van der Waals surface area (Å²) in [6.45, 7) is 7.36. The third-order valence-corrected chi connectivity index (χ3v) is 20.4. The largest absolute Gasteiger partial charge is 0.497 e. The summed E-state index contributed by atoms with van der Waals surface area (Å²) in [4.78, 5) is 65.9. The zero-order valence-corrected chi connectivity index (χ0v) is 40.0. The van der Waals surface area contributed by atoms with E-state index >= 15 is 4.79 Å². The molecular weight excluding hydrogens is 881 g/mol. The number of fused-ring (bicyclic) bond motifs is 2. The van der Waals surface area contributed by atoms with E-state index in [1.165, 1.54) is 0 Å². The van der Waals surface area contributed by atoms with Crippen molar-refractivity contribution in [1.29, 1.82) is 0 Å². The van der Waals surface area contributed by atoms with Crippen LogP contribution in [0, 0.1) is 5.92 Å². The van der Waals surface area contributed by atoms with Gasteiger partial charge in [-0.15, -0.1) is 0 Å². The van der Waals surface area contributed by atoms with E-state index in [0.29, 0.717) is 34.6 Å². The number of ether oxygens (including phenoxy) is 2. The number of rotatable bonds is 10. The molecule has 0 bridgehead atoms. The summed E-state index contributed by atoms with van der Waals surface area (Å²) in [6.07, 6.45) is 0.958. The number of methoxy groups -OCH3 is 1. The minimum absolute atomic E-state index is 0.0539. The molecule has 7 aromatic carbocycles. The highest BCUT2D eigenvalue weighted by atomic mass is 28.3. The molecule has 12 heteroatoms. The predicted molar refractivity (Wildman–Crippen MR) is 271 cm³/mol. The van der Waals surface area contributed by atoms with Crippen LogP contribution in [0.15, 0.2) is 140 Å². The molecule has 346 valence electrons. The zero-order valence-electron chi connectivity index (χ0n) is 39.0. The molecular formula is C57H52N4O7Si. The first-order chi connectivity index (χ1) is 33.4. The highest BCUT2D eigenvalue weighted by Gasteiger charge is 2.67. The van der Waals surface area contributed by atoms with Crippen LogP contribution in [0.3, 0.4) is 0 Å². The second-order valence-corrected chi connectivity index (χ2v) is 24.5. The summed E-state index contributed by atoms with van der Waals surface area (Å²) in [7, 11) is -0.993. The van der Waals surface area contributed by atoms with E-state index in [9.17, 15) is 19.5 Å². The zero-order chi connectivity index (χ0) is 47.5. The molecule has 5 aliphatic rings. The molecule has 5 atom stereocenters. The number of aliphatic hydroxyl groups is 1. The minimum Gasteiger partial charge on any atom is -0.497 e. The lowest BCUT2D eigenvalue weighted by Crippen LogP contribution is -2.52. The predicted octanol–water partition coefficient (Wildman–Crippen LogP) is 9.72. The summed E-state index contributed by atoms with van der Waals surface area (Å²) < 4.78 is 13.0. The van der Waals surface area contributed by atoms with Crippen molar-refractivity contribution in [2.24, 2.45) is 5.92 Å². The fourth-order valence-corrected chi connectivity index (χ4v) is 16.7. The lowest BCUT2D eigenvalue weighted by atomic mass is 9.82. The third-order valence-electron chi connectivity index (χ3n) is 16.0. The molecule has 1 spiro atoms. The van der Waals surface area contributed by atoms with Crippen molar-refractivity contribution in [3.63, 3.8) is 0 Å². The number of nitrogens with zero attached hydrogens (tertiary/aromatic N) is 4. The van der Waals surface area contributed by atoms with Gasteiger partial charge in [-0.05, 0) is 101 Å². The molecule has 7 aromatic rings. The molecule has 2 saturated heterocycles. The first-order valence-electron chi connectivity index (χ1n) is 23.9. The van der Waals surface area contributed by atoms with E-state index in [-0.39, 0.29) is 54.8 Å². The van der Waals surface area contributed by atoms with Crippen molar-refractivity contribution in [2.45, 2.75) is 69.1 Å². The fraction of sp³-hybridized carbons (Fsp3) is 0.263. The van der Waals surface area contributed by atoms with Crippen molar-refractivity contribution >= 4 is 86.9 Å². The van der Waals surface area contributed by atoms with E-state index in [1.807, 2.05) is 127 Å². The summed E-state index contributed by atoms with van der Waals surface area (Å²) in [6, 6.07) is 45.0. The van der Waals surface area contributed by atoms with Gasteiger partial charge in [-0.3, -0.25) is 29.0 Å². The Hall–Kier alpha value is -7.12. The SMILES string of the molecule is COc1ccc([Si](C)(C)[C@@H]2[C@@H](CC(=O)N3CCC[C@H]3CO)O[C@]3(C(=O)N(Cc4ccc(N5C(=O)c6cccc7cccc5c67)cc4)c4ccc(N5C(=O)c6cccc7cccc5c67)cc43)[C@H]2C)cc1. The number of benzene rings is 7. The van der Waals surface area contributed by atoms with Gasteiger partial charge >= 0.3 is 0 Å². The molecule has 0 aliphatic carbocycles. The van der Waals surface area contributed by atoms with Gasteiger partial charge in [0.15, 0.2) is 5.60 Å². The number of carbonyl (C=O) groups excluding carboxylic acids is 4. The Morgan fingerprint density at radius 1 is 0.754 bits per heavy atom. The number of hydrogen-bond acceptors (Lipinski definition) is 7. The molecule has 0 saturated carbocycles. The summed E-state index contributed by atoms with van der Waals surface area (Å²) in [5, 5.41) is 15.2. The first kappa shape index (κ1) is 43.2. The van der Waals surface area contributed by atoms with Crippen LogP contribution in [-0.2, 0) is 26.5 Å². The monoisotopic (exact) mass is 932 g/mol. The minimum atomic E-state index is -2.64. The highest BCUT2D eigenvalue weighted by Crippen LogP contribution is 2.61. The van der Waals surface area contributed by atoms with Crippen LogP contribution in [0.1, 0.15) is 58.0 Å². The van der Waals surface area contributed by atoms with Gasteiger partial charge in [0.1, 0.15) is 5.75 Å². The van der Waals surface area contributed by atoms with Gasteiger partial charge in [0.2, 0.25) is 5.91 Å². The van der Waals surface area contributed by atoms with Crippen LogP contribution >= 0.6 is 0 Å². The van der Waals surface area contributed by atoms with Crippen LogP contribution in [0.4, 0.5) is 28.4 Å². The number of likely N-dealkylation sites (tertiary alicyclic amines) is 1. The highest BCUT2D eigenvalue weighted by molar-refractivity contribution is 6.91. The molecule has 5 aliphatic heterocycles. The summed E-state index contributed by atoms with van der Waals surface area (Å²) in [5.74, 6) is -0.223. The number of aliphatic hydroxyl groups excluding tert-OH is 1. The van der Waals surface area contributed by atoms with Gasteiger partial charge < -0.3 is 24.4 Å². The maximum Gasteiger partial charge on any atom is 0.264 e. The van der Waals surface area contributed by atoms with E-state index in [1.54, 1.807) is 26.7 Å². The molecule has 12 rings (SSSR count). The van der Waals surface area contributed by atoms with Gasteiger partial charge in [0.25, 0.3) is 17.7 Å². The van der Waals surface area contributed by atoms with Crippen LogP contribution in [0.25, 0.3) is 21.5 Å². The Balaban J connectivity index is 0.965. The van der Waals surface area contributed by atoms with Crippen molar-refractivity contribution in [1.82, 2.24) is 4.90 Å². The van der Waals surface area contributed by atoms with Crippen molar-refractivity contribution < 1.29 is 33.8 Å². The van der Waals surface area contributed by atoms with E-state index in [4.69, 9.17) is 9.47 Å². The Morgan fingerprint density at radius 2 is 1.35 bits per heavy atom. The molecule has 4 amide bonds. The molecule has 2 fully saturated rings. The lowest BCUT2D eigenvalue weighted by Gasteiger charge is -2.37. The molecule has 5 heterocycles. The van der Waals surface area contributed by atoms with Crippen molar-refractivity contribution in [3.05, 3.63) is 162 Å². The van der Waals surface area contributed by atoms with Gasteiger partial charge in [-0.1, -0.05) is 98.0 Å². The Morgan fingerprint density at radius 3 is 1.96 bits per heavy atom. The third kappa shape index (κ3) is 6.31. The molecule has 0 radical (unpaired) electrons. The van der Waals surface area contributed by atoms with Crippen molar-refractivity contribution in [2.75, 3.05) is 35.0 Å². The van der Waals surface area contributed by atoms with Crippen LogP contribution in [0.5, 0.6) is 5.75 Å². The van der Waals surface area contributed by atoms with E-state index < -0.39 is 25.7 Å². The normalized spacial score (nSPS) is 22.6. The average Bonchev–Trinajstić information content (AvgIpc) is 4.16. The van der Waals surface area contributed by atoms with E-state index in [0.717, 1.165) is 67.9 Å². The van der Waals surface area contributed by atoms with Gasteiger partial charge in [-0.25, -0.2) is 0 Å². The smallest absolute Gasteiger partial charge is 0.264 e. The summed E-state index contributed by atoms with van der Waals surface area (Å²) >= 11 is 0. The molecule has 11 nitrogen and oxygen atoms in total. The lowest BCUT2D eigenvalue weighted by molar-refractivity contribution is -0.150. The van der Waals surface area contributed by atoms with Gasteiger partial charge in [0.05, 0.1) is 75.1 Å². The molecule has 69 heavy (non-hydrogen) atoms. The van der Waals surface area contributed by atoms with Crippen LogP contribution in [-0.4, -0.2) is 74.1 Å². The molecule has 0 aromatic heterocycles. The van der Waals surface area contributed by atoms with Crippen molar-refractivity contribution in [3.8, 4) is 5.75 Å². The molecule has 0 unspecified atom stereocenters. The fourth-order valence-electron chi connectivity index (χ4n) is 12.7. The topological polar surface area (TPSA) is 120 Å². The Kier molecular flexibility index (Phi) is 10.00. The van der Waals surface area contributed by atoms with E-state index in [2.05, 4.69) is 32.2 Å². The van der Waals surface area contributed by atoms with Gasteiger partial charge in [-0.2, -0.15) is 0 Å². The van der Waals surface area contributed by atoms with Crippen LogP contribution < -0.4 is 24.6 Å². The van der Waals surface area contributed by atoms with Gasteiger partial charge in [0, 0.05) is 40.2 Å². The quantitative estimate of drug-likeness (QED) is 0.136. The maximum atomic E-state index is 16.0. The average molecular weight is 933 g/mol.